The van der Waals surface area contributed by atoms with Crippen LogP contribution >= 0.6 is 11.8 Å². The zero-order chi connectivity index (χ0) is 20.9. The first-order valence-electron chi connectivity index (χ1n) is 11.3. The van der Waals surface area contributed by atoms with Crippen LogP contribution in [0.5, 0.6) is 11.5 Å². The minimum Gasteiger partial charge on any atom is -0.493 e. The van der Waals surface area contributed by atoms with Crippen molar-refractivity contribution in [3.63, 3.8) is 0 Å². The third-order valence-corrected chi connectivity index (χ3v) is 7.76. The van der Waals surface area contributed by atoms with Gasteiger partial charge in [-0.25, -0.2) is 0 Å². The topological polar surface area (TPSA) is 45.2 Å². The molecule has 1 unspecified atom stereocenters. The van der Waals surface area contributed by atoms with Crippen molar-refractivity contribution < 1.29 is 14.3 Å². The number of amides is 1. The molecule has 2 saturated heterocycles. The summed E-state index contributed by atoms with van der Waals surface area (Å²) in [6.45, 7) is 6.40. The number of likely N-dealkylation sites (N-methyl/N-ethyl adjacent to an activating group) is 1. The monoisotopic (exact) mass is 433 g/mol. The average molecular weight is 434 g/mol. The van der Waals surface area contributed by atoms with Crippen LogP contribution in [0.3, 0.4) is 0 Å². The van der Waals surface area contributed by atoms with Crippen molar-refractivity contribution in [1.82, 2.24) is 14.7 Å². The highest BCUT2D eigenvalue weighted by Crippen LogP contribution is 2.42. The summed E-state index contributed by atoms with van der Waals surface area (Å²) < 4.78 is 11.8. The van der Waals surface area contributed by atoms with Gasteiger partial charge in [0, 0.05) is 32.7 Å². The number of methoxy groups -OCH3 is 1. The Hall–Kier alpha value is -1.44. The molecule has 2 aliphatic heterocycles. The number of nitrogens with zero attached hydrogens (tertiary/aromatic N) is 3. The van der Waals surface area contributed by atoms with E-state index in [1.54, 1.807) is 18.9 Å². The Bertz CT molecular complexity index is 718. The maximum atomic E-state index is 12.6. The van der Waals surface area contributed by atoms with Gasteiger partial charge in [-0.1, -0.05) is 6.07 Å². The summed E-state index contributed by atoms with van der Waals surface area (Å²) in [5, 5.41) is 0.0711. The number of carbonyl (C=O) groups excluding carboxylic acids is 1. The molecule has 0 spiro atoms. The Labute approximate surface area is 184 Å². The van der Waals surface area contributed by atoms with Gasteiger partial charge in [0.05, 0.1) is 19.0 Å². The normalized spacial score (nSPS) is 24.0. The average Bonchev–Trinajstić information content (AvgIpc) is 3.39. The van der Waals surface area contributed by atoms with E-state index in [4.69, 9.17) is 9.47 Å². The predicted molar refractivity (Wildman–Crippen MR) is 121 cm³/mol. The third kappa shape index (κ3) is 5.24. The van der Waals surface area contributed by atoms with Crippen molar-refractivity contribution >= 4 is 17.7 Å². The van der Waals surface area contributed by atoms with Crippen molar-refractivity contribution in [2.24, 2.45) is 0 Å². The summed E-state index contributed by atoms with van der Waals surface area (Å²) in [6.07, 6.45) is 6.01. The molecule has 4 rings (SSSR count). The summed E-state index contributed by atoms with van der Waals surface area (Å²) in [7, 11) is 3.87. The molecule has 166 valence electrons. The highest BCUT2D eigenvalue weighted by Gasteiger charge is 2.33. The Morgan fingerprint density at radius 3 is 2.57 bits per heavy atom. The first-order chi connectivity index (χ1) is 14.6. The molecule has 1 aromatic carbocycles. The summed E-state index contributed by atoms with van der Waals surface area (Å²) in [4.78, 5) is 19.6. The molecule has 0 radical (unpaired) electrons. The van der Waals surface area contributed by atoms with E-state index in [9.17, 15) is 4.79 Å². The standard InChI is InChI=1S/C23H35N3O3S/c1-24-12-14-25(15-13-24)10-5-11-26-22(27)17-30-23(26)18-8-9-20(28-2)21(16-18)29-19-6-3-4-7-19/h8-9,16,19,23H,3-7,10-15,17H2,1-2H3. The van der Waals surface area contributed by atoms with Crippen molar-refractivity contribution in [1.29, 1.82) is 0 Å². The molecule has 7 heteroatoms. The van der Waals surface area contributed by atoms with Gasteiger partial charge >= 0.3 is 0 Å². The molecule has 1 amide bonds. The summed E-state index contributed by atoms with van der Waals surface area (Å²) in [5.74, 6) is 2.41. The summed E-state index contributed by atoms with van der Waals surface area (Å²) >= 11 is 1.72. The van der Waals surface area contributed by atoms with Crippen molar-refractivity contribution in [3.8, 4) is 11.5 Å². The molecular formula is C23H35N3O3S. The minimum atomic E-state index is 0.0711. The molecule has 3 aliphatic rings. The molecule has 1 atom stereocenters. The lowest BCUT2D eigenvalue weighted by atomic mass is 10.1. The minimum absolute atomic E-state index is 0.0711. The zero-order valence-corrected chi connectivity index (χ0v) is 19.2. The molecule has 0 aromatic heterocycles. The van der Waals surface area contributed by atoms with Crippen LogP contribution in [-0.2, 0) is 4.79 Å². The second-order valence-corrected chi connectivity index (χ2v) is 9.75. The molecule has 3 fully saturated rings. The van der Waals surface area contributed by atoms with E-state index >= 15 is 0 Å². The Morgan fingerprint density at radius 1 is 1.07 bits per heavy atom. The predicted octanol–water partition coefficient (Wildman–Crippen LogP) is 3.23. The van der Waals surface area contributed by atoms with Crippen LogP contribution in [0, 0.1) is 0 Å². The van der Waals surface area contributed by atoms with Gasteiger partial charge in [0.1, 0.15) is 5.37 Å². The number of ether oxygens (including phenoxy) is 2. The van der Waals surface area contributed by atoms with Crippen LogP contribution in [0.15, 0.2) is 18.2 Å². The zero-order valence-electron chi connectivity index (χ0n) is 18.3. The third-order valence-electron chi connectivity index (χ3n) is 6.51. The van der Waals surface area contributed by atoms with Crippen LogP contribution < -0.4 is 9.47 Å². The fourth-order valence-corrected chi connectivity index (χ4v) is 5.84. The SMILES string of the molecule is COc1ccc(C2SCC(=O)N2CCCN2CCN(C)CC2)cc1OC1CCCC1. The Kier molecular flexibility index (Phi) is 7.44. The maximum Gasteiger partial charge on any atom is 0.233 e. The van der Waals surface area contributed by atoms with E-state index in [2.05, 4.69) is 33.9 Å². The first-order valence-corrected chi connectivity index (χ1v) is 12.4. The Morgan fingerprint density at radius 2 is 1.83 bits per heavy atom. The second-order valence-electron chi connectivity index (χ2n) is 8.68. The molecule has 0 N–H and O–H groups in total. The van der Waals surface area contributed by atoms with Gasteiger partial charge in [-0.3, -0.25) is 4.79 Å². The van der Waals surface area contributed by atoms with E-state index in [0.29, 0.717) is 5.75 Å². The van der Waals surface area contributed by atoms with Crippen LogP contribution in [0.2, 0.25) is 0 Å². The molecule has 0 bridgehead atoms. The highest BCUT2D eigenvalue weighted by atomic mass is 32.2. The lowest BCUT2D eigenvalue weighted by molar-refractivity contribution is -0.128. The fraction of sp³-hybridized carbons (Fsp3) is 0.696. The number of benzene rings is 1. The molecule has 2 heterocycles. The number of piperazine rings is 1. The summed E-state index contributed by atoms with van der Waals surface area (Å²) in [6, 6.07) is 6.18. The number of hydrogen-bond acceptors (Lipinski definition) is 6. The lowest BCUT2D eigenvalue weighted by Gasteiger charge is -2.33. The van der Waals surface area contributed by atoms with E-state index in [-0.39, 0.29) is 17.4 Å². The lowest BCUT2D eigenvalue weighted by Crippen LogP contribution is -2.45. The first kappa shape index (κ1) is 21.8. The molecule has 30 heavy (non-hydrogen) atoms. The molecular weight excluding hydrogens is 398 g/mol. The van der Waals surface area contributed by atoms with Gasteiger partial charge in [-0.05, 0) is 63.4 Å². The van der Waals surface area contributed by atoms with Crippen molar-refractivity contribution in [2.75, 3.05) is 59.2 Å². The molecule has 6 nitrogen and oxygen atoms in total. The summed E-state index contributed by atoms with van der Waals surface area (Å²) in [5.41, 5.74) is 1.14. The number of thioether (sulfide) groups is 1. The van der Waals surface area contributed by atoms with Gasteiger partial charge in [0.15, 0.2) is 11.5 Å². The van der Waals surface area contributed by atoms with E-state index in [0.717, 1.165) is 75.6 Å². The smallest absolute Gasteiger partial charge is 0.233 e. The molecule has 1 saturated carbocycles. The van der Waals surface area contributed by atoms with Gasteiger partial charge in [-0.15, -0.1) is 11.8 Å². The van der Waals surface area contributed by atoms with E-state index in [1.807, 2.05) is 6.07 Å². The second kappa shape index (κ2) is 10.2. The molecule has 1 aromatic rings. The highest BCUT2D eigenvalue weighted by molar-refractivity contribution is 8.00. The van der Waals surface area contributed by atoms with Crippen LogP contribution in [-0.4, -0.2) is 85.9 Å². The number of carbonyl (C=O) groups is 1. The van der Waals surface area contributed by atoms with Crippen LogP contribution in [0.1, 0.15) is 43.0 Å². The van der Waals surface area contributed by atoms with Crippen molar-refractivity contribution in [2.45, 2.75) is 43.6 Å². The molecule has 1 aliphatic carbocycles. The van der Waals surface area contributed by atoms with Gasteiger partial charge < -0.3 is 24.2 Å². The van der Waals surface area contributed by atoms with E-state index in [1.165, 1.54) is 12.8 Å². The number of rotatable bonds is 8. The maximum absolute atomic E-state index is 12.6. The Balaban J connectivity index is 1.39. The van der Waals surface area contributed by atoms with Gasteiger partial charge in [0.25, 0.3) is 0 Å². The van der Waals surface area contributed by atoms with Crippen molar-refractivity contribution in [3.05, 3.63) is 23.8 Å². The van der Waals surface area contributed by atoms with Gasteiger partial charge in [-0.2, -0.15) is 0 Å². The largest absolute Gasteiger partial charge is 0.493 e. The van der Waals surface area contributed by atoms with E-state index < -0.39 is 0 Å². The van der Waals surface area contributed by atoms with Gasteiger partial charge in [0.2, 0.25) is 5.91 Å². The van der Waals surface area contributed by atoms with Crippen LogP contribution in [0.4, 0.5) is 0 Å². The van der Waals surface area contributed by atoms with Crippen LogP contribution in [0.25, 0.3) is 0 Å². The fourth-order valence-electron chi connectivity index (χ4n) is 4.63. The number of hydrogen-bond donors (Lipinski definition) is 0. The quantitative estimate of drug-likeness (QED) is 0.627.